The molecule has 19 heavy (non-hydrogen) atoms. The van der Waals surface area contributed by atoms with E-state index in [0.717, 1.165) is 24.2 Å². The summed E-state index contributed by atoms with van der Waals surface area (Å²) in [6.07, 6.45) is 7.60. The number of nitrogens with one attached hydrogen (secondary N) is 1. The first-order chi connectivity index (χ1) is 9.15. The normalized spacial score (nSPS) is 10.5. The van der Waals surface area contributed by atoms with Gasteiger partial charge in [-0.3, -0.25) is 4.79 Å². The zero-order chi connectivity index (χ0) is 14.1. The van der Waals surface area contributed by atoms with Crippen LogP contribution in [0.5, 0.6) is 0 Å². The minimum absolute atomic E-state index is 0.0714. The summed E-state index contributed by atoms with van der Waals surface area (Å²) in [5.74, 6) is 0.0714. The molecule has 0 spiro atoms. The summed E-state index contributed by atoms with van der Waals surface area (Å²) >= 11 is 5.97. The van der Waals surface area contributed by atoms with Crippen LogP contribution in [0.15, 0.2) is 18.2 Å². The number of hydrogen-bond acceptors (Lipinski definition) is 2. The van der Waals surface area contributed by atoms with Gasteiger partial charge in [-0.1, -0.05) is 50.6 Å². The highest BCUT2D eigenvalue weighted by Gasteiger charge is 2.07. The van der Waals surface area contributed by atoms with E-state index in [-0.39, 0.29) is 5.78 Å². The fourth-order valence-electron chi connectivity index (χ4n) is 2.10. The standard InChI is InChI=1S/C16H24ClNO/c1-3-4-5-6-7-8-11-18-16-12-14(17)9-10-15(16)13(2)19/h9-10,12,18H,3-8,11H2,1-2H3. The van der Waals surface area contributed by atoms with Crippen LogP contribution in [0, 0.1) is 0 Å². The highest BCUT2D eigenvalue weighted by atomic mass is 35.5. The smallest absolute Gasteiger partial charge is 0.161 e. The lowest BCUT2D eigenvalue weighted by Crippen LogP contribution is -2.06. The Morgan fingerprint density at radius 3 is 2.53 bits per heavy atom. The van der Waals surface area contributed by atoms with E-state index >= 15 is 0 Å². The average molecular weight is 282 g/mol. The zero-order valence-electron chi connectivity index (χ0n) is 12.0. The largest absolute Gasteiger partial charge is 0.384 e. The molecular formula is C16H24ClNO. The molecule has 1 N–H and O–H groups in total. The molecule has 0 heterocycles. The van der Waals surface area contributed by atoms with E-state index in [1.807, 2.05) is 6.07 Å². The Hall–Kier alpha value is -1.02. The number of unbranched alkanes of at least 4 members (excludes halogenated alkanes) is 5. The summed E-state index contributed by atoms with van der Waals surface area (Å²) in [4.78, 5) is 11.5. The number of anilines is 1. The Balaban J connectivity index is 2.36. The van der Waals surface area contributed by atoms with Gasteiger partial charge in [-0.15, -0.1) is 0 Å². The summed E-state index contributed by atoms with van der Waals surface area (Å²) in [6, 6.07) is 5.37. The second kappa shape index (κ2) is 8.98. The minimum Gasteiger partial charge on any atom is -0.384 e. The van der Waals surface area contributed by atoms with E-state index in [1.165, 1.54) is 32.1 Å². The first kappa shape index (κ1) is 16.0. The number of halogens is 1. The van der Waals surface area contributed by atoms with Crippen molar-refractivity contribution in [1.82, 2.24) is 0 Å². The molecule has 2 nitrogen and oxygen atoms in total. The minimum atomic E-state index is 0.0714. The summed E-state index contributed by atoms with van der Waals surface area (Å²) in [7, 11) is 0. The summed E-state index contributed by atoms with van der Waals surface area (Å²) in [5, 5.41) is 3.98. The molecule has 0 bridgehead atoms. The number of carbonyl (C=O) groups excluding carboxylic acids is 1. The van der Waals surface area contributed by atoms with E-state index < -0.39 is 0 Å². The number of carbonyl (C=O) groups is 1. The summed E-state index contributed by atoms with van der Waals surface area (Å²) in [5.41, 5.74) is 1.57. The highest BCUT2D eigenvalue weighted by Crippen LogP contribution is 2.21. The van der Waals surface area contributed by atoms with Crippen molar-refractivity contribution in [2.75, 3.05) is 11.9 Å². The van der Waals surface area contributed by atoms with Gasteiger partial charge in [0.15, 0.2) is 5.78 Å². The second-order valence-corrected chi connectivity index (χ2v) is 5.38. The predicted molar refractivity (Wildman–Crippen MR) is 83.3 cm³/mol. The van der Waals surface area contributed by atoms with Gasteiger partial charge in [0.2, 0.25) is 0 Å². The molecule has 0 aliphatic heterocycles. The Morgan fingerprint density at radius 1 is 1.16 bits per heavy atom. The Labute approximate surface area is 121 Å². The van der Waals surface area contributed by atoms with Crippen LogP contribution in [0.4, 0.5) is 5.69 Å². The second-order valence-electron chi connectivity index (χ2n) is 4.94. The lowest BCUT2D eigenvalue weighted by molar-refractivity contribution is 0.101. The van der Waals surface area contributed by atoms with Gasteiger partial charge in [-0.25, -0.2) is 0 Å². The molecule has 0 atom stereocenters. The monoisotopic (exact) mass is 281 g/mol. The third-order valence-corrected chi connectivity index (χ3v) is 3.44. The molecule has 0 aromatic heterocycles. The molecule has 0 aliphatic carbocycles. The lowest BCUT2D eigenvalue weighted by atomic mass is 10.1. The fourth-order valence-corrected chi connectivity index (χ4v) is 2.27. The number of rotatable bonds is 9. The van der Waals surface area contributed by atoms with Crippen LogP contribution in [0.3, 0.4) is 0 Å². The maximum atomic E-state index is 11.5. The van der Waals surface area contributed by atoms with Crippen molar-refractivity contribution in [3.8, 4) is 0 Å². The van der Waals surface area contributed by atoms with Crippen LogP contribution in [-0.4, -0.2) is 12.3 Å². The predicted octanol–water partition coefficient (Wildman–Crippen LogP) is 5.32. The molecule has 0 unspecified atom stereocenters. The quantitative estimate of drug-likeness (QED) is 0.490. The van der Waals surface area contributed by atoms with Crippen molar-refractivity contribution in [3.05, 3.63) is 28.8 Å². The van der Waals surface area contributed by atoms with Gasteiger partial charge < -0.3 is 5.32 Å². The van der Waals surface area contributed by atoms with Gasteiger partial charge in [-0.05, 0) is 31.5 Å². The van der Waals surface area contributed by atoms with Crippen LogP contribution in [0.1, 0.15) is 62.7 Å². The Bertz CT molecular complexity index is 404. The molecular weight excluding hydrogens is 258 g/mol. The van der Waals surface area contributed by atoms with Gasteiger partial charge in [0, 0.05) is 22.8 Å². The number of ketones is 1. The Morgan fingerprint density at radius 2 is 1.84 bits per heavy atom. The molecule has 0 aliphatic rings. The highest BCUT2D eigenvalue weighted by molar-refractivity contribution is 6.31. The molecule has 0 fully saturated rings. The number of hydrogen-bond donors (Lipinski definition) is 1. The van der Waals surface area contributed by atoms with Gasteiger partial charge in [0.05, 0.1) is 0 Å². The van der Waals surface area contributed by atoms with Gasteiger partial charge >= 0.3 is 0 Å². The van der Waals surface area contributed by atoms with Crippen molar-refractivity contribution < 1.29 is 4.79 Å². The van der Waals surface area contributed by atoms with Crippen LogP contribution in [0.25, 0.3) is 0 Å². The SMILES string of the molecule is CCCCCCCCNc1cc(Cl)ccc1C(C)=O. The lowest BCUT2D eigenvalue weighted by Gasteiger charge is -2.10. The van der Waals surface area contributed by atoms with Crippen LogP contribution in [0.2, 0.25) is 5.02 Å². The molecule has 0 saturated heterocycles. The van der Waals surface area contributed by atoms with E-state index in [9.17, 15) is 4.79 Å². The molecule has 0 saturated carbocycles. The average Bonchev–Trinajstić information content (AvgIpc) is 2.37. The van der Waals surface area contributed by atoms with Crippen molar-refractivity contribution >= 4 is 23.1 Å². The maximum absolute atomic E-state index is 11.5. The molecule has 1 rings (SSSR count). The maximum Gasteiger partial charge on any atom is 0.161 e. The summed E-state index contributed by atoms with van der Waals surface area (Å²) < 4.78 is 0. The first-order valence-corrected chi connectivity index (χ1v) is 7.57. The van der Waals surface area contributed by atoms with E-state index in [2.05, 4.69) is 12.2 Å². The third kappa shape index (κ3) is 6.11. The number of benzene rings is 1. The van der Waals surface area contributed by atoms with Crippen molar-refractivity contribution in [3.63, 3.8) is 0 Å². The molecule has 106 valence electrons. The van der Waals surface area contributed by atoms with E-state index in [1.54, 1.807) is 19.1 Å². The molecule has 3 heteroatoms. The van der Waals surface area contributed by atoms with Gasteiger partial charge in [-0.2, -0.15) is 0 Å². The van der Waals surface area contributed by atoms with Crippen LogP contribution < -0.4 is 5.32 Å². The fraction of sp³-hybridized carbons (Fsp3) is 0.562. The van der Waals surface area contributed by atoms with E-state index in [0.29, 0.717) is 5.02 Å². The topological polar surface area (TPSA) is 29.1 Å². The Kier molecular flexibility index (Phi) is 7.57. The molecule has 0 amide bonds. The summed E-state index contributed by atoms with van der Waals surface area (Å²) in [6.45, 7) is 4.70. The van der Waals surface area contributed by atoms with Crippen molar-refractivity contribution in [1.29, 1.82) is 0 Å². The molecule has 1 aromatic carbocycles. The van der Waals surface area contributed by atoms with E-state index in [4.69, 9.17) is 11.6 Å². The van der Waals surface area contributed by atoms with Gasteiger partial charge in [0.25, 0.3) is 0 Å². The van der Waals surface area contributed by atoms with Gasteiger partial charge in [0.1, 0.15) is 0 Å². The molecule has 0 radical (unpaired) electrons. The first-order valence-electron chi connectivity index (χ1n) is 7.19. The molecule has 1 aromatic rings. The van der Waals surface area contributed by atoms with Crippen LogP contribution in [-0.2, 0) is 0 Å². The third-order valence-electron chi connectivity index (χ3n) is 3.21. The van der Waals surface area contributed by atoms with Crippen molar-refractivity contribution in [2.45, 2.75) is 52.4 Å². The number of Topliss-reactive ketones (excluding diaryl/α,β-unsaturated/α-hetero) is 1. The zero-order valence-corrected chi connectivity index (χ0v) is 12.7. The van der Waals surface area contributed by atoms with Crippen LogP contribution >= 0.6 is 11.6 Å². The van der Waals surface area contributed by atoms with Crippen molar-refractivity contribution in [2.24, 2.45) is 0 Å².